The third-order valence-corrected chi connectivity index (χ3v) is 5.55. The number of furan rings is 1. The minimum absolute atomic E-state index is 0.0581. The van der Waals surface area contributed by atoms with Crippen LogP contribution in [0.2, 0.25) is 0 Å². The number of nitrogens with zero attached hydrogens (tertiary/aromatic N) is 1. The summed E-state index contributed by atoms with van der Waals surface area (Å²) in [6, 6.07) is 17.9. The number of anilines is 1. The average Bonchev–Trinajstić information content (AvgIpc) is 3.19. The Bertz CT molecular complexity index is 943. The number of hydrogen-bond donors (Lipinski definition) is 2. The summed E-state index contributed by atoms with van der Waals surface area (Å²) in [5.41, 5.74) is 2.02. The van der Waals surface area contributed by atoms with E-state index in [4.69, 9.17) is 9.15 Å². The van der Waals surface area contributed by atoms with Gasteiger partial charge in [0.05, 0.1) is 39.3 Å². The molecule has 6 heteroatoms. The molecule has 2 N–H and O–H groups in total. The molecule has 1 saturated heterocycles. The summed E-state index contributed by atoms with van der Waals surface area (Å²) in [5.74, 6) is 1.72. The summed E-state index contributed by atoms with van der Waals surface area (Å²) in [5, 5.41) is 4.14. The summed E-state index contributed by atoms with van der Waals surface area (Å²) < 4.78 is 11.2. The van der Waals surface area contributed by atoms with Crippen molar-refractivity contribution in [3.8, 4) is 5.75 Å². The second kappa shape index (κ2) is 8.57. The molecule has 0 aliphatic carbocycles. The molecule has 1 aliphatic rings. The number of fused-ring (bicyclic) bond motifs is 1. The van der Waals surface area contributed by atoms with Crippen LogP contribution in [0.3, 0.4) is 0 Å². The number of amides is 1. The molecule has 0 bridgehead atoms. The summed E-state index contributed by atoms with van der Waals surface area (Å²) in [7, 11) is 1.69. The highest BCUT2D eigenvalue weighted by atomic mass is 16.5. The molecule has 1 fully saturated rings. The van der Waals surface area contributed by atoms with Crippen LogP contribution in [0, 0.1) is 0 Å². The summed E-state index contributed by atoms with van der Waals surface area (Å²) in [6.07, 6.45) is 0. The van der Waals surface area contributed by atoms with Gasteiger partial charge in [0.15, 0.2) is 6.54 Å². The highest BCUT2D eigenvalue weighted by Gasteiger charge is 2.24. The van der Waals surface area contributed by atoms with Gasteiger partial charge in [-0.15, -0.1) is 0 Å². The quantitative estimate of drug-likeness (QED) is 0.672. The van der Waals surface area contributed by atoms with Gasteiger partial charge < -0.3 is 24.3 Å². The van der Waals surface area contributed by atoms with Crippen molar-refractivity contribution in [3.05, 3.63) is 60.4 Å². The minimum Gasteiger partial charge on any atom is -0.497 e. The average molecular weight is 394 g/mol. The second-order valence-corrected chi connectivity index (χ2v) is 7.59. The zero-order chi connectivity index (χ0) is 20.2. The van der Waals surface area contributed by atoms with E-state index in [0.717, 1.165) is 48.7 Å². The van der Waals surface area contributed by atoms with Crippen LogP contribution >= 0.6 is 0 Å². The molecule has 1 amide bonds. The molecular formula is C23H28N3O3+. The van der Waals surface area contributed by atoms with Crippen LogP contribution in [0.25, 0.3) is 11.0 Å². The van der Waals surface area contributed by atoms with Gasteiger partial charge in [-0.3, -0.25) is 4.79 Å². The van der Waals surface area contributed by atoms with Gasteiger partial charge in [0, 0.05) is 17.1 Å². The zero-order valence-corrected chi connectivity index (χ0v) is 17.0. The van der Waals surface area contributed by atoms with Crippen LogP contribution in [0.5, 0.6) is 5.75 Å². The third kappa shape index (κ3) is 4.54. The van der Waals surface area contributed by atoms with E-state index in [1.807, 2.05) is 49.4 Å². The van der Waals surface area contributed by atoms with Crippen molar-refractivity contribution in [2.45, 2.75) is 13.0 Å². The first-order valence-corrected chi connectivity index (χ1v) is 10.1. The van der Waals surface area contributed by atoms with Gasteiger partial charge in [0.2, 0.25) is 0 Å². The lowest BCUT2D eigenvalue weighted by Gasteiger charge is -2.33. The molecule has 29 heavy (non-hydrogen) atoms. The highest BCUT2D eigenvalue weighted by Crippen LogP contribution is 2.23. The fourth-order valence-electron chi connectivity index (χ4n) is 3.87. The maximum Gasteiger partial charge on any atom is 0.275 e. The summed E-state index contributed by atoms with van der Waals surface area (Å²) in [6.45, 7) is 6.17. The molecule has 6 nitrogen and oxygen atoms in total. The topological polar surface area (TPSA) is 59.2 Å². The van der Waals surface area contributed by atoms with Gasteiger partial charge in [-0.25, -0.2) is 0 Å². The van der Waals surface area contributed by atoms with Gasteiger partial charge in [0.25, 0.3) is 5.91 Å². The number of benzene rings is 2. The number of hydrogen-bond acceptors (Lipinski definition) is 4. The van der Waals surface area contributed by atoms with E-state index >= 15 is 0 Å². The van der Waals surface area contributed by atoms with Crippen LogP contribution < -0.4 is 19.9 Å². The third-order valence-electron chi connectivity index (χ3n) is 5.55. The van der Waals surface area contributed by atoms with Crippen LogP contribution in [-0.4, -0.2) is 45.7 Å². The number of quaternary nitrogens is 1. The molecule has 0 unspecified atom stereocenters. The van der Waals surface area contributed by atoms with E-state index in [0.29, 0.717) is 6.54 Å². The smallest absolute Gasteiger partial charge is 0.275 e. The lowest BCUT2D eigenvalue weighted by Crippen LogP contribution is -3.15. The Morgan fingerprint density at radius 3 is 2.72 bits per heavy atom. The molecule has 3 aromatic rings. The number of rotatable bonds is 6. The number of methoxy groups -OCH3 is 1. The van der Waals surface area contributed by atoms with Crippen LogP contribution in [-0.2, 0) is 4.79 Å². The van der Waals surface area contributed by atoms with Gasteiger partial charge in [-0.1, -0.05) is 24.3 Å². The van der Waals surface area contributed by atoms with Crippen LogP contribution in [0.4, 0.5) is 5.69 Å². The number of nitrogens with one attached hydrogen (secondary N) is 2. The zero-order valence-electron chi connectivity index (χ0n) is 17.0. The lowest BCUT2D eigenvalue weighted by atomic mass is 10.2. The number of carbonyl (C=O) groups excluding carboxylic acids is 1. The Labute approximate surface area is 171 Å². The van der Waals surface area contributed by atoms with Crippen LogP contribution in [0.1, 0.15) is 18.7 Å². The van der Waals surface area contributed by atoms with Crippen molar-refractivity contribution in [2.24, 2.45) is 0 Å². The monoisotopic (exact) mass is 394 g/mol. The van der Waals surface area contributed by atoms with E-state index in [-0.39, 0.29) is 11.9 Å². The molecule has 1 atom stereocenters. The van der Waals surface area contributed by atoms with Crippen molar-refractivity contribution in [1.82, 2.24) is 5.32 Å². The van der Waals surface area contributed by atoms with E-state index < -0.39 is 0 Å². The van der Waals surface area contributed by atoms with Gasteiger partial charge in [0.1, 0.15) is 17.1 Å². The molecule has 2 heterocycles. The predicted molar refractivity (Wildman–Crippen MR) is 114 cm³/mol. The molecule has 0 radical (unpaired) electrons. The molecule has 2 aromatic carbocycles. The van der Waals surface area contributed by atoms with Crippen molar-refractivity contribution >= 4 is 22.6 Å². The molecule has 4 rings (SSSR count). The summed E-state index contributed by atoms with van der Waals surface area (Å²) >= 11 is 0. The highest BCUT2D eigenvalue weighted by molar-refractivity contribution is 5.79. The molecule has 1 aromatic heterocycles. The Hall–Kier alpha value is -2.99. The molecule has 1 aliphatic heterocycles. The SMILES string of the molecule is COc1cccc(N2CC[NH+](CC(=O)N[C@H](C)c3cc4ccccc4o3)CC2)c1. The largest absolute Gasteiger partial charge is 0.497 e. The number of ether oxygens (including phenoxy) is 1. The standard InChI is InChI=1S/C23H27N3O3/c1-17(22-14-18-6-3-4-9-21(18)29-22)24-23(27)16-25-10-12-26(13-11-25)19-7-5-8-20(15-19)28-2/h3-9,14-15,17H,10-13,16H2,1-2H3,(H,24,27)/p+1/t17-/m1/s1. The summed E-state index contributed by atoms with van der Waals surface area (Å²) in [4.78, 5) is 16.2. The first-order chi connectivity index (χ1) is 14.1. The first-order valence-electron chi connectivity index (χ1n) is 10.1. The van der Waals surface area contributed by atoms with Crippen LogP contribution in [0.15, 0.2) is 59.0 Å². The van der Waals surface area contributed by atoms with Crippen molar-refractivity contribution in [2.75, 3.05) is 44.7 Å². The molecule has 0 spiro atoms. The number of piperazine rings is 1. The van der Waals surface area contributed by atoms with E-state index in [1.165, 1.54) is 10.6 Å². The Balaban J connectivity index is 1.28. The van der Waals surface area contributed by atoms with E-state index in [1.54, 1.807) is 7.11 Å². The van der Waals surface area contributed by atoms with Crippen molar-refractivity contribution < 1.29 is 18.8 Å². The Morgan fingerprint density at radius 2 is 1.97 bits per heavy atom. The first kappa shape index (κ1) is 19.3. The maximum atomic E-state index is 12.5. The fraction of sp³-hybridized carbons (Fsp3) is 0.348. The number of para-hydroxylation sites is 1. The van der Waals surface area contributed by atoms with E-state index in [9.17, 15) is 4.79 Å². The lowest BCUT2D eigenvalue weighted by molar-refractivity contribution is -0.892. The fourth-order valence-corrected chi connectivity index (χ4v) is 3.87. The molecule has 0 saturated carbocycles. The normalized spacial score (nSPS) is 16.0. The van der Waals surface area contributed by atoms with Gasteiger partial charge >= 0.3 is 0 Å². The second-order valence-electron chi connectivity index (χ2n) is 7.59. The van der Waals surface area contributed by atoms with E-state index in [2.05, 4.69) is 22.3 Å². The maximum absolute atomic E-state index is 12.5. The van der Waals surface area contributed by atoms with Crippen molar-refractivity contribution in [3.63, 3.8) is 0 Å². The Kier molecular flexibility index (Phi) is 5.71. The number of carbonyl (C=O) groups is 1. The molecular weight excluding hydrogens is 366 g/mol. The predicted octanol–water partition coefficient (Wildman–Crippen LogP) is 2.02. The van der Waals surface area contributed by atoms with Gasteiger partial charge in [-0.2, -0.15) is 0 Å². The minimum atomic E-state index is -0.146. The van der Waals surface area contributed by atoms with Gasteiger partial charge in [-0.05, 0) is 31.2 Å². The van der Waals surface area contributed by atoms with Crippen molar-refractivity contribution in [1.29, 1.82) is 0 Å². The molecule has 152 valence electrons. The Morgan fingerprint density at radius 1 is 1.17 bits per heavy atom.